The monoisotopic (exact) mass is 310 g/mol. The summed E-state index contributed by atoms with van der Waals surface area (Å²) in [6, 6.07) is 11.0. The van der Waals surface area contributed by atoms with Crippen molar-refractivity contribution in [1.29, 1.82) is 0 Å². The molecule has 1 aromatic carbocycles. The molecule has 1 atom stereocenters. The maximum atomic E-state index is 11.5. The molecule has 0 radical (unpaired) electrons. The van der Waals surface area contributed by atoms with Gasteiger partial charge >= 0.3 is 0 Å². The van der Waals surface area contributed by atoms with Crippen LogP contribution >= 0.6 is 0 Å². The zero-order chi connectivity index (χ0) is 15.3. The van der Waals surface area contributed by atoms with Crippen molar-refractivity contribution in [2.75, 3.05) is 25.9 Å². The van der Waals surface area contributed by atoms with E-state index in [1.807, 2.05) is 6.07 Å². The number of sulfonamides is 1. The Kier molecular flexibility index (Phi) is 5.79. The quantitative estimate of drug-likeness (QED) is 0.876. The lowest BCUT2D eigenvalue weighted by Gasteiger charge is -2.31. The van der Waals surface area contributed by atoms with Crippen molar-refractivity contribution in [1.82, 2.24) is 9.62 Å². The normalized spacial score (nSPS) is 19.5. The van der Waals surface area contributed by atoms with Gasteiger partial charge in [-0.25, -0.2) is 12.7 Å². The number of hydrogen-bond acceptors (Lipinski definition) is 3. The Hall–Kier alpha value is -0.910. The van der Waals surface area contributed by atoms with E-state index in [2.05, 4.69) is 36.5 Å². The van der Waals surface area contributed by atoms with E-state index in [0.29, 0.717) is 25.0 Å². The zero-order valence-corrected chi connectivity index (χ0v) is 13.8. The van der Waals surface area contributed by atoms with Gasteiger partial charge < -0.3 is 5.32 Å². The predicted molar refractivity (Wildman–Crippen MR) is 86.9 cm³/mol. The maximum Gasteiger partial charge on any atom is 0.211 e. The van der Waals surface area contributed by atoms with Crippen LogP contribution in [0.5, 0.6) is 0 Å². The van der Waals surface area contributed by atoms with E-state index in [0.717, 1.165) is 25.8 Å². The van der Waals surface area contributed by atoms with Crippen molar-refractivity contribution < 1.29 is 8.42 Å². The van der Waals surface area contributed by atoms with Crippen molar-refractivity contribution in [2.24, 2.45) is 0 Å². The standard InChI is InChI=1S/C16H26N2O2S/c1-14(15-6-4-3-5-7-15)8-11-17-16-9-12-18(13-10-16)21(2,19)20/h3-7,14,16-17H,8-13H2,1-2H3. The van der Waals surface area contributed by atoms with Crippen LogP contribution in [0, 0.1) is 0 Å². The minimum atomic E-state index is -3.01. The summed E-state index contributed by atoms with van der Waals surface area (Å²) in [6.45, 7) is 4.53. The van der Waals surface area contributed by atoms with Gasteiger partial charge in [0.1, 0.15) is 0 Å². The lowest BCUT2D eigenvalue weighted by Crippen LogP contribution is -2.44. The van der Waals surface area contributed by atoms with Gasteiger partial charge in [0.2, 0.25) is 10.0 Å². The number of benzene rings is 1. The van der Waals surface area contributed by atoms with Crippen molar-refractivity contribution in [3.05, 3.63) is 35.9 Å². The third-order valence-electron chi connectivity index (χ3n) is 4.30. The van der Waals surface area contributed by atoms with E-state index < -0.39 is 10.0 Å². The van der Waals surface area contributed by atoms with Crippen LogP contribution in [0.1, 0.15) is 37.7 Å². The maximum absolute atomic E-state index is 11.5. The Balaban J connectivity index is 1.69. The van der Waals surface area contributed by atoms with Gasteiger partial charge in [0.15, 0.2) is 0 Å². The minimum absolute atomic E-state index is 0.450. The Labute approximate surface area is 128 Å². The molecule has 5 heteroatoms. The Morgan fingerprint density at radius 2 is 1.86 bits per heavy atom. The van der Waals surface area contributed by atoms with Crippen molar-refractivity contribution >= 4 is 10.0 Å². The Morgan fingerprint density at radius 3 is 2.43 bits per heavy atom. The molecule has 1 saturated heterocycles. The molecule has 1 heterocycles. The Bertz CT molecular complexity index is 522. The van der Waals surface area contributed by atoms with Crippen molar-refractivity contribution in [3.8, 4) is 0 Å². The Morgan fingerprint density at radius 1 is 1.24 bits per heavy atom. The molecule has 0 bridgehead atoms. The molecule has 21 heavy (non-hydrogen) atoms. The SMILES string of the molecule is CC(CCNC1CCN(S(C)(=O)=O)CC1)c1ccccc1. The van der Waals surface area contributed by atoms with E-state index >= 15 is 0 Å². The summed E-state index contributed by atoms with van der Waals surface area (Å²) in [4.78, 5) is 0. The van der Waals surface area contributed by atoms with Gasteiger partial charge in [-0.2, -0.15) is 0 Å². The molecule has 1 unspecified atom stereocenters. The first-order valence-electron chi connectivity index (χ1n) is 7.70. The number of nitrogens with zero attached hydrogens (tertiary/aromatic N) is 1. The molecular weight excluding hydrogens is 284 g/mol. The highest BCUT2D eigenvalue weighted by molar-refractivity contribution is 7.88. The molecule has 118 valence electrons. The molecule has 0 aliphatic carbocycles. The number of hydrogen-bond donors (Lipinski definition) is 1. The van der Waals surface area contributed by atoms with Crippen molar-refractivity contribution in [2.45, 2.75) is 38.1 Å². The second-order valence-electron chi connectivity index (χ2n) is 5.99. The average Bonchev–Trinajstić information content (AvgIpc) is 2.47. The molecule has 0 spiro atoms. The molecule has 1 aliphatic heterocycles. The first-order chi connectivity index (χ1) is 9.97. The largest absolute Gasteiger partial charge is 0.314 e. The van der Waals surface area contributed by atoms with Gasteiger partial charge in [0.05, 0.1) is 6.26 Å². The van der Waals surface area contributed by atoms with Gasteiger partial charge in [-0.05, 0) is 37.3 Å². The van der Waals surface area contributed by atoms with Crippen LogP contribution in [0.25, 0.3) is 0 Å². The van der Waals surface area contributed by atoms with Gasteiger partial charge in [-0.1, -0.05) is 37.3 Å². The highest BCUT2D eigenvalue weighted by Gasteiger charge is 2.24. The van der Waals surface area contributed by atoms with Crippen molar-refractivity contribution in [3.63, 3.8) is 0 Å². The molecule has 1 aliphatic rings. The smallest absolute Gasteiger partial charge is 0.211 e. The highest BCUT2D eigenvalue weighted by atomic mass is 32.2. The van der Waals surface area contributed by atoms with E-state index in [9.17, 15) is 8.42 Å². The lowest BCUT2D eigenvalue weighted by molar-refractivity contribution is 0.289. The van der Waals surface area contributed by atoms with Gasteiger partial charge in [-0.3, -0.25) is 0 Å². The summed E-state index contributed by atoms with van der Waals surface area (Å²) in [5.41, 5.74) is 1.38. The first-order valence-corrected chi connectivity index (χ1v) is 9.55. The van der Waals surface area contributed by atoms with Crippen LogP contribution in [-0.2, 0) is 10.0 Å². The van der Waals surface area contributed by atoms with E-state index in [-0.39, 0.29) is 0 Å². The highest BCUT2D eigenvalue weighted by Crippen LogP contribution is 2.18. The zero-order valence-electron chi connectivity index (χ0n) is 13.0. The predicted octanol–water partition coefficient (Wildman–Crippen LogP) is 2.19. The molecule has 1 fully saturated rings. The van der Waals surface area contributed by atoms with Crippen LogP contribution in [0.4, 0.5) is 0 Å². The topological polar surface area (TPSA) is 49.4 Å². The molecular formula is C16H26N2O2S. The second kappa shape index (κ2) is 7.38. The van der Waals surface area contributed by atoms with Crippen LogP contribution in [0.15, 0.2) is 30.3 Å². The molecule has 1 N–H and O–H groups in total. The van der Waals surface area contributed by atoms with Crippen LogP contribution < -0.4 is 5.32 Å². The lowest BCUT2D eigenvalue weighted by atomic mass is 9.97. The fourth-order valence-corrected chi connectivity index (χ4v) is 3.72. The first kappa shape index (κ1) is 16.5. The fourth-order valence-electron chi connectivity index (χ4n) is 2.84. The summed E-state index contributed by atoms with van der Waals surface area (Å²) in [5, 5.41) is 3.57. The van der Waals surface area contributed by atoms with Gasteiger partial charge in [-0.15, -0.1) is 0 Å². The summed E-state index contributed by atoms with van der Waals surface area (Å²) >= 11 is 0. The third kappa shape index (κ3) is 5.09. The minimum Gasteiger partial charge on any atom is -0.314 e. The summed E-state index contributed by atoms with van der Waals surface area (Å²) in [6.07, 6.45) is 4.22. The summed E-state index contributed by atoms with van der Waals surface area (Å²) < 4.78 is 24.5. The average molecular weight is 310 g/mol. The molecule has 1 aromatic rings. The van der Waals surface area contributed by atoms with E-state index in [1.165, 1.54) is 11.8 Å². The van der Waals surface area contributed by atoms with Crippen LogP contribution in [-0.4, -0.2) is 44.7 Å². The molecule has 0 aromatic heterocycles. The second-order valence-corrected chi connectivity index (χ2v) is 7.97. The molecule has 0 saturated carbocycles. The third-order valence-corrected chi connectivity index (χ3v) is 5.61. The van der Waals surface area contributed by atoms with Crippen LogP contribution in [0.2, 0.25) is 0 Å². The fraction of sp³-hybridized carbons (Fsp3) is 0.625. The summed E-state index contributed by atoms with van der Waals surface area (Å²) in [5.74, 6) is 0.551. The van der Waals surface area contributed by atoms with E-state index in [4.69, 9.17) is 0 Å². The molecule has 0 amide bonds. The van der Waals surface area contributed by atoms with Gasteiger partial charge in [0.25, 0.3) is 0 Å². The number of rotatable bonds is 6. The molecule has 2 rings (SSSR count). The number of piperidine rings is 1. The number of nitrogens with one attached hydrogen (secondary N) is 1. The van der Waals surface area contributed by atoms with Crippen LogP contribution in [0.3, 0.4) is 0 Å². The molecule has 4 nitrogen and oxygen atoms in total. The van der Waals surface area contributed by atoms with Gasteiger partial charge in [0, 0.05) is 19.1 Å². The van der Waals surface area contributed by atoms with E-state index in [1.54, 1.807) is 4.31 Å². The summed E-state index contributed by atoms with van der Waals surface area (Å²) in [7, 11) is -3.01.